The summed E-state index contributed by atoms with van der Waals surface area (Å²) >= 11 is 3.84. The Morgan fingerprint density at radius 1 is 1.30 bits per heavy atom. The summed E-state index contributed by atoms with van der Waals surface area (Å²) in [6.45, 7) is 0.711. The lowest BCUT2D eigenvalue weighted by Crippen LogP contribution is -2.52. The standard InChI is InChI=1S/C8H5ClF6N2O3/c1-2-20-5(19)3(17-16)4(18)6(10,11)7(12,13)8(9,14)15/h2H2,1H3/p+1. The zero-order chi connectivity index (χ0) is 16.4. The molecule has 0 aliphatic carbocycles. The van der Waals surface area contributed by atoms with Gasteiger partial charge in [0.2, 0.25) is 5.39 Å². The highest BCUT2D eigenvalue weighted by atomic mass is 35.5. The number of allylic oxidation sites excluding steroid dienone is 1. The second kappa shape index (κ2) is 5.74. The molecule has 5 nitrogen and oxygen atoms in total. The molecule has 0 aromatic heterocycles. The minimum absolute atomic E-state index is 0.460. The number of alkyl halides is 7. The summed E-state index contributed by atoms with van der Waals surface area (Å²) < 4.78 is 80.4. The van der Waals surface area contributed by atoms with Gasteiger partial charge in [-0.3, -0.25) is 0 Å². The number of diazo groups is 1. The predicted molar refractivity (Wildman–Crippen MR) is 52.1 cm³/mol. The Morgan fingerprint density at radius 2 is 1.75 bits per heavy atom. The lowest BCUT2D eigenvalue weighted by atomic mass is 10.1. The first-order chi connectivity index (χ1) is 8.84. The minimum atomic E-state index is -6.27. The predicted octanol–water partition coefficient (Wildman–Crippen LogP) is 3.27. The average molecular weight is 328 g/mol. The van der Waals surface area contributed by atoms with E-state index in [0.29, 0.717) is 0 Å². The largest absolute Gasteiger partial charge is 0.511 e. The number of esters is 1. The highest BCUT2D eigenvalue weighted by molar-refractivity contribution is 6.22. The molecule has 20 heavy (non-hydrogen) atoms. The van der Waals surface area contributed by atoms with Crippen LogP contribution in [0.4, 0.5) is 26.3 Å². The zero-order valence-corrected chi connectivity index (χ0v) is 10.3. The maximum atomic E-state index is 13.1. The van der Waals surface area contributed by atoms with E-state index in [0.717, 1.165) is 0 Å². The molecule has 0 aliphatic heterocycles. The molecule has 0 fully saturated rings. The van der Waals surface area contributed by atoms with Crippen molar-refractivity contribution in [2.75, 3.05) is 6.61 Å². The van der Waals surface area contributed by atoms with Crippen LogP contribution in [0.5, 0.6) is 0 Å². The Balaban J connectivity index is 5.94. The zero-order valence-electron chi connectivity index (χ0n) is 9.51. The third-order valence-electron chi connectivity index (χ3n) is 1.84. The first kappa shape index (κ1) is 18.3. The van der Waals surface area contributed by atoms with Crippen molar-refractivity contribution < 1.29 is 41.0 Å². The quantitative estimate of drug-likeness (QED) is 0.210. The van der Waals surface area contributed by atoms with Gasteiger partial charge >= 0.3 is 28.9 Å². The summed E-state index contributed by atoms with van der Waals surface area (Å²) in [5.41, 5.74) is -2.06. The molecule has 0 aromatic carbocycles. The first-order valence-electron chi connectivity index (χ1n) is 4.62. The van der Waals surface area contributed by atoms with E-state index in [-0.39, 0.29) is 0 Å². The van der Waals surface area contributed by atoms with Crippen molar-refractivity contribution in [1.82, 2.24) is 0 Å². The van der Waals surface area contributed by atoms with Crippen LogP contribution >= 0.6 is 11.6 Å². The van der Waals surface area contributed by atoms with Crippen LogP contribution in [-0.4, -0.2) is 34.9 Å². The van der Waals surface area contributed by atoms with Crippen molar-refractivity contribution in [2.24, 2.45) is 0 Å². The fraction of sp³-hybridized carbons (Fsp3) is 0.625. The first-order valence-corrected chi connectivity index (χ1v) is 5.00. The molecule has 0 bridgehead atoms. The molecule has 0 aromatic rings. The van der Waals surface area contributed by atoms with E-state index < -0.39 is 41.3 Å². The Bertz CT molecular complexity index is 468. The van der Waals surface area contributed by atoms with Crippen LogP contribution in [0.1, 0.15) is 6.92 Å². The highest BCUT2D eigenvalue weighted by Crippen LogP contribution is 2.50. The molecule has 0 rings (SSSR count). The Labute approximate surface area is 112 Å². The van der Waals surface area contributed by atoms with Crippen molar-refractivity contribution in [1.29, 1.82) is 5.39 Å². The number of aliphatic hydroxyl groups excluding tert-OH is 1. The van der Waals surface area contributed by atoms with Gasteiger partial charge < -0.3 is 9.84 Å². The van der Waals surface area contributed by atoms with Gasteiger partial charge in [0.05, 0.1) is 6.61 Å². The van der Waals surface area contributed by atoms with Gasteiger partial charge in [-0.1, -0.05) is 0 Å². The van der Waals surface area contributed by atoms with Gasteiger partial charge in [-0.05, 0) is 18.5 Å². The molecule has 0 spiro atoms. The smallest absolute Gasteiger partial charge is 0.500 e. The number of aliphatic hydroxyl groups is 1. The molecular weight excluding hydrogens is 322 g/mol. The number of carbonyl (C=O) groups excluding carboxylic acids is 1. The minimum Gasteiger partial charge on any atom is -0.500 e. The van der Waals surface area contributed by atoms with E-state index in [2.05, 4.69) is 16.3 Å². The van der Waals surface area contributed by atoms with Crippen LogP contribution in [0.25, 0.3) is 4.98 Å². The topological polar surface area (TPSA) is 74.7 Å². The summed E-state index contributed by atoms with van der Waals surface area (Å²) in [4.78, 5) is 12.8. The van der Waals surface area contributed by atoms with Gasteiger partial charge in [0.1, 0.15) is 0 Å². The Hall–Kier alpha value is -1.70. The van der Waals surface area contributed by atoms with Crippen LogP contribution in [-0.2, 0) is 9.53 Å². The number of carbonyl (C=O) groups is 1. The van der Waals surface area contributed by atoms with Gasteiger partial charge in [-0.15, -0.1) is 0 Å². The molecule has 12 heteroatoms. The van der Waals surface area contributed by atoms with Gasteiger partial charge in [0.25, 0.3) is 5.76 Å². The molecule has 0 saturated heterocycles. The molecule has 114 valence electrons. The fourth-order valence-corrected chi connectivity index (χ4v) is 0.978. The molecular formula is C8H6ClF6N2O3+. The molecule has 1 N–H and O–H groups in total. The van der Waals surface area contributed by atoms with E-state index >= 15 is 0 Å². The number of ether oxygens (including phenoxy) is 1. The normalized spacial score (nSPS) is 14.3. The third kappa shape index (κ3) is 3.06. The molecule has 0 atom stereocenters. The second-order valence-electron chi connectivity index (χ2n) is 3.16. The van der Waals surface area contributed by atoms with E-state index in [9.17, 15) is 31.1 Å². The summed E-state index contributed by atoms with van der Waals surface area (Å²) in [5.74, 6) is -17.1. The number of nitrogens with zero attached hydrogens (tertiary/aromatic N) is 2. The van der Waals surface area contributed by atoms with E-state index in [4.69, 9.17) is 10.5 Å². The Morgan fingerprint density at radius 3 is 2.05 bits per heavy atom. The van der Waals surface area contributed by atoms with E-state index in [1.54, 1.807) is 0 Å². The van der Waals surface area contributed by atoms with Crippen molar-refractivity contribution in [3.63, 3.8) is 0 Å². The van der Waals surface area contributed by atoms with Crippen LogP contribution < -0.4 is 0 Å². The summed E-state index contributed by atoms with van der Waals surface area (Å²) in [6.07, 6.45) is 0. The van der Waals surface area contributed by atoms with Crippen LogP contribution in [0.15, 0.2) is 11.5 Å². The van der Waals surface area contributed by atoms with Crippen molar-refractivity contribution in [3.8, 4) is 0 Å². The lowest BCUT2D eigenvalue weighted by molar-refractivity contribution is -0.273. The van der Waals surface area contributed by atoms with Crippen LogP contribution in [0.3, 0.4) is 0 Å². The molecule has 0 saturated carbocycles. The summed E-state index contributed by atoms with van der Waals surface area (Å²) in [7, 11) is 0. The van der Waals surface area contributed by atoms with Crippen molar-refractivity contribution in [3.05, 3.63) is 16.4 Å². The van der Waals surface area contributed by atoms with Crippen LogP contribution in [0, 0.1) is 5.39 Å². The monoisotopic (exact) mass is 327 g/mol. The molecule has 0 unspecified atom stereocenters. The van der Waals surface area contributed by atoms with Crippen LogP contribution in [0.2, 0.25) is 0 Å². The molecule has 0 heterocycles. The van der Waals surface area contributed by atoms with Gasteiger partial charge in [0, 0.05) is 0 Å². The highest BCUT2D eigenvalue weighted by Gasteiger charge is 2.75. The SMILES string of the molecule is CCOC(=O)/C([N+]#N)=C(\O)C(F)(F)C(F)(F)C(F)(F)Cl. The number of hydrogen-bond acceptors (Lipinski definition) is 4. The fourth-order valence-electron chi connectivity index (χ4n) is 0.860. The number of hydrogen-bond donors (Lipinski definition) is 1. The number of rotatable bonds is 5. The second-order valence-corrected chi connectivity index (χ2v) is 3.64. The molecule has 0 aliphatic rings. The van der Waals surface area contributed by atoms with Gasteiger partial charge in [0.15, 0.2) is 4.98 Å². The van der Waals surface area contributed by atoms with Gasteiger partial charge in [-0.2, -0.15) is 26.3 Å². The van der Waals surface area contributed by atoms with Crippen molar-refractivity contribution >= 4 is 17.6 Å². The Kier molecular flexibility index (Phi) is 5.25. The summed E-state index contributed by atoms with van der Waals surface area (Å²) in [5, 5.41) is 11.3. The van der Waals surface area contributed by atoms with Crippen molar-refractivity contribution in [2.45, 2.75) is 24.2 Å². The maximum Gasteiger partial charge on any atom is 0.511 e. The van der Waals surface area contributed by atoms with E-state index in [1.807, 2.05) is 4.98 Å². The maximum absolute atomic E-state index is 13.1. The molecule has 0 radical (unpaired) electrons. The average Bonchev–Trinajstić information content (AvgIpc) is 2.28. The van der Waals surface area contributed by atoms with Gasteiger partial charge in [-0.25, -0.2) is 4.79 Å². The molecule has 0 amide bonds. The van der Waals surface area contributed by atoms with E-state index in [1.165, 1.54) is 6.92 Å². The number of halogens is 7. The summed E-state index contributed by atoms with van der Waals surface area (Å²) in [6, 6.07) is 0. The lowest BCUT2D eigenvalue weighted by Gasteiger charge is -2.27. The third-order valence-corrected chi connectivity index (χ3v) is 2.08.